The average molecular weight is 272 g/mol. The molecule has 1 saturated carbocycles. The number of hydrogen-bond acceptors (Lipinski definition) is 1. The maximum atomic E-state index is 5.51. The van der Waals surface area contributed by atoms with Crippen LogP contribution in [-0.4, -0.2) is 6.61 Å². The molecule has 1 aromatic carbocycles. The molecule has 1 aliphatic rings. The zero-order valence-electron chi connectivity index (χ0n) is 13.0. The van der Waals surface area contributed by atoms with Crippen LogP contribution in [-0.2, 0) is 0 Å². The van der Waals surface area contributed by atoms with Gasteiger partial charge in [-0.3, -0.25) is 0 Å². The first kappa shape index (κ1) is 15.2. The number of rotatable bonds is 6. The summed E-state index contributed by atoms with van der Waals surface area (Å²) in [7, 11) is 0. The number of unbranched alkanes of at least 4 members (excludes halogenated alkanes) is 1. The third-order valence-electron chi connectivity index (χ3n) is 4.30. The summed E-state index contributed by atoms with van der Waals surface area (Å²) in [5, 5.41) is 0. The minimum absolute atomic E-state index is 0.745. The summed E-state index contributed by atoms with van der Waals surface area (Å²) >= 11 is 0. The summed E-state index contributed by atoms with van der Waals surface area (Å²) in [6, 6.07) is 8.74. The highest BCUT2D eigenvalue weighted by Gasteiger charge is 2.20. The molecule has 0 aromatic heterocycles. The fraction of sp³-hybridized carbons (Fsp3) is 0.579. The van der Waals surface area contributed by atoms with Crippen molar-refractivity contribution in [2.75, 3.05) is 6.61 Å². The molecular weight excluding hydrogens is 244 g/mol. The lowest BCUT2D eigenvalue weighted by Crippen LogP contribution is -2.11. The van der Waals surface area contributed by atoms with Crippen LogP contribution in [0.4, 0.5) is 0 Å². The van der Waals surface area contributed by atoms with E-state index in [2.05, 4.69) is 43.3 Å². The van der Waals surface area contributed by atoms with Gasteiger partial charge in [0.15, 0.2) is 0 Å². The van der Waals surface area contributed by atoms with Crippen molar-refractivity contribution in [2.45, 2.75) is 58.3 Å². The summed E-state index contributed by atoms with van der Waals surface area (Å²) < 4.78 is 5.51. The minimum atomic E-state index is 0.745. The molecule has 1 heteroatoms. The normalized spacial score (nSPS) is 23.1. The lowest BCUT2D eigenvalue weighted by atomic mass is 9.78. The van der Waals surface area contributed by atoms with Crippen molar-refractivity contribution in [1.82, 2.24) is 0 Å². The molecule has 0 N–H and O–H groups in total. The van der Waals surface area contributed by atoms with E-state index in [0.29, 0.717) is 0 Å². The summed E-state index contributed by atoms with van der Waals surface area (Å²) in [5.74, 6) is 2.56. The van der Waals surface area contributed by atoms with Crippen LogP contribution in [0, 0.1) is 5.92 Å². The first-order valence-corrected chi connectivity index (χ1v) is 8.22. The Balaban J connectivity index is 1.83. The Bertz CT molecular complexity index is 396. The van der Waals surface area contributed by atoms with Crippen LogP contribution < -0.4 is 4.74 Å². The smallest absolute Gasteiger partial charge is 0.119 e. The molecule has 0 unspecified atom stereocenters. The van der Waals surface area contributed by atoms with Gasteiger partial charge in [-0.05, 0) is 68.6 Å². The number of hydrogen-bond donors (Lipinski definition) is 0. The predicted molar refractivity (Wildman–Crippen MR) is 86.4 cm³/mol. The van der Waals surface area contributed by atoms with Crippen LogP contribution >= 0.6 is 0 Å². The first-order valence-electron chi connectivity index (χ1n) is 8.22. The molecule has 1 aromatic rings. The number of allylic oxidation sites excluding steroid dienone is 2. The molecule has 1 nitrogen and oxygen atoms in total. The molecule has 2 rings (SSSR count). The molecule has 0 aliphatic heterocycles. The Morgan fingerprint density at radius 1 is 1.05 bits per heavy atom. The Kier molecular flexibility index (Phi) is 6.17. The van der Waals surface area contributed by atoms with Gasteiger partial charge in [0.2, 0.25) is 0 Å². The van der Waals surface area contributed by atoms with Gasteiger partial charge in [0.05, 0.1) is 6.61 Å². The Morgan fingerprint density at radius 2 is 1.75 bits per heavy atom. The minimum Gasteiger partial charge on any atom is -0.494 e. The quantitative estimate of drug-likeness (QED) is 0.602. The molecule has 0 heterocycles. The lowest BCUT2D eigenvalue weighted by Gasteiger charge is -2.27. The molecule has 20 heavy (non-hydrogen) atoms. The SMILES string of the molecule is CCCC=CC1CCC(c2ccc(OCC)cc2)CC1. The van der Waals surface area contributed by atoms with Gasteiger partial charge >= 0.3 is 0 Å². The van der Waals surface area contributed by atoms with Gasteiger partial charge in [-0.1, -0.05) is 37.6 Å². The van der Waals surface area contributed by atoms with Crippen molar-refractivity contribution in [3.05, 3.63) is 42.0 Å². The Hall–Kier alpha value is -1.24. The largest absolute Gasteiger partial charge is 0.494 e. The van der Waals surface area contributed by atoms with Crippen LogP contribution in [0.5, 0.6) is 5.75 Å². The van der Waals surface area contributed by atoms with Gasteiger partial charge in [0, 0.05) is 0 Å². The maximum Gasteiger partial charge on any atom is 0.119 e. The summed E-state index contributed by atoms with van der Waals surface area (Å²) in [4.78, 5) is 0. The highest BCUT2D eigenvalue weighted by atomic mass is 16.5. The standard InChI is InChI=1S/C19H28O/c1-3-5-6-7-16-8-10-17(11-9-16)18-12-14-19(15-13-18)20-4-2/h6-7,12-17H,3-5,8-11H2,1-2H3. The summed E-state index contributed by atoms with van der Waals surface area (Å²) in [5.41, 5.74) is 1.49. The second-order valence-electron chi connectivity index (χ2n) is 5.83. The lowest BCUT2D eigenvalue weighted by molar-refractivity contribution is 0.339. The highest BCUT2D eigenvalue weighted by Crippen LogP contribution is 2.36. The molecule has 0 radical (unpaired) electrons. The fourth-order valence-electron chi connectivity index (χ4n) is 3.10. The monoisotopic (exact) mass is 272 g/mol. The van der Waals surface area contributed by atoms with E-state index in [-0.39, 0.29) is 0 Å². The maximum absolute atomic E-state index is 5.51. The van der Waals surface area contributed by atoms with Gasteiger partial charge in [-0.2, -0.15) is 0 Å². The van der Waals surface area contributed by atoms with Crippen molar-refractivity contribution in [3.63, 3.8) is 0 Å². The Morgan fingerprint density at radius 3 is 2.35 bits per heavy atom. The number of ether oxygens (including phenoxy) is 1. The van der Waals surface area contributed by atoms with E-state index in [9.17, 15) is 0 Å². The van der Waals surface area contributed by atoms with Crippen molar-refractivity contribution in [3.8, 4) is 5.75 Å². The predicted octanol–water partition coefficient (Wildman–Crippen LogP) is 5.72. The van der Waals surface area contributed by atoms with Crippen molar-refractivity contribution < 1.29 is 4.74 Å². The van der Waals surface area contributed by atoms with Crippen molar-refractivity contribution in [1.29, 1.82) is 0 Å². The van der Waals surface area contributed by atoms with Crippen LogP contribution in [0.2, 0.25) is 0 Å². The Labute approximate surface area is 124 Å². The van der Waals surface area contributed by atoms with E-state index in [1.54, 1.807) is 0 Å². The van der Waals surface area contributed by atoms with E-state index in [0.717, 1.165) is 24.2 Å². The molecule has 0 bridgehead atoms. The molecule has 110 valence electrons. The molecule has 0 spiro atoms. The zero-order valence-corrected chi connectivity index (χ0v) is 13.0. The van der Waals surface area contributed by atoms with Crippen molar-refractivity contribution >= 4 is 0 Å². The van der Waals surface area contributed by atoms with Gasteiger partial charge in [-0.25, -0.2) is 0 Å². The van der Waals surface area contributed by atoms with Gasteiger partial charge in [-0.15, -0.1) is 0 Å². The van der Waals surface area contributed by atoms with Gasteiger partial charge in [0.25, 0.3) is 0 Å². The van der Waals surface area contributed by atoms with E-state index in [4.69, 9.17) is 4.74 Å². The molecule has 0 atom stereocenters. The number of benzene rings is 1. The second kappa shape index (κ2) is 8.14. The summed E-state index contributed by atoms with van der Waals surface area (Å²) in [6.07, 6.45) is 12.7. The van der Waals surface area contributed by atoms with Crippen LogP contribution in [0.25, 0.3) is 0 Å². The van der Waals surface area contributed by atoms with Crippen LogP contribution in [0.1, 0.15) is 63.9 Å². The molecule has 1 fully saturated rings. The third kappa shape index (κ3) is 4.40. The molecule has 0 saturated heterocycles. The van der Waals surface area contributed by atoms with Gasteiger partial charge < -0.3 is 4.74 Å². The third-order valence-corrected chi connectivity index (χ3v) is 4.30. The second-order valence-corrected chi connectivity index (χ2v) is 5.83. The van der Waals surface area contributed by atoms with Crippen molar-refractivity contribution in [2.24, 2.45) is 5.92 Å². The van der Waals surface area contributed by atoms with E-state index in [1.165, 1.54) is 44.1 Å². The van der Waals surface area contributed by atoms with Crippen LogP contribution in [0.15, 0.2) is 36.4 Å². The molecular formula is C19H28O. The van der Waals surface area contributed by atoms with Gasteiger partial charge in [0.1, 0.15) is 5.75 Å². The zero-order chi connectivity index (χ0) is 14.2. The van der Waals surface area contributed by atoms with Crippen LogP contribution in [0.3, 0.4) is 0 Å². The van der Waals surface area contributed by atoms with E-state index >= 15 is 0 Å². The van der Waals surface area contributed by atoms with E-state index in [1.807, 2.05) is 6.92 Å². The fourth-order valence-corrected chi connectivity index (χ4v) is 3.10. The topological polar surface area (TPSA) is 9.23 Å². The molecule has 0 amide bonds. The average Bonchev–Trinajstić information content (AvgIpc) is 2.49. The first-order chi connectivity index (χ1) is 9.83. The molecule has 1 aliphatic carbocycles. The summed E-state index contributed by atoms with van der Waals surface area (Å²) in [6.45, 7) is 5.02. The highest BCUT2D eigenvalue weighted by molar-refractivity contribution is 5.29. The van der Waals surface area contributed by atoms with E-state index < -0.39 is 0 Å².